The van der Waals surface area contributed by atoms with Crippen molar-refractivity contribution in [2.75, 3.05) is 52.1 Å². The summed E-state index contributed by atoms with van der Waals surface area (Å²) in [6, 6.07) is 0. The summed E-state index contributed by atoms with van der Waals surface area (Å²) < 4.78 is 29.4. The fraction of sp³-hybridized carbons (Fsp3) is 0.857. The van der Waals surface area contributed by atoms with Gasteiger partial charge in [0.2, 0.25) is 15.9 Å². The van der Waals surface area contributed by atoms with Crippen molar-refractivity contribution in [1.29, 1.82) is 0 Å². The van der Waals surface area contributed by atoms with Crippen LogP contribution < -0.4 is 0 Å². The molecule has 0 saturated carbocycles. The third-order valence-corrected chi connectivity index (χ3v) is 6.01. The van der Waals surface area contributed by atoms with Gasteiger partial charge in [0.25, 0.3) is 5.91 Å². The van der Waals surface area contributed by atoms with Crippen LogP contribution in [0.1, 0.15) is 12.8 Å². The molecule has 3 fully saturated rings. The number of carbonyl (C=O) groups excluding carboxylic acids is 2. The maximum absolute atomic E-state index is 12.4. The molecule has 3 rings (SSSR count). The fourth-order valence-electron chi connectivity index (χ4n) is 3.25. The van der Waals surface area contributed by atoms with Crippen LogP contribution >= 0.6 is 0 Å². The Morgan fingerprint density at radius 3 is 2.04 bits per heavy atom. The molecule has 0 N–H and O–H groups in total. The second-order valence-corrected chi connectivity index (χ2v) is 8.41. The van der Waals surface area contributed by atoms with Crippen molar-refractivity contribution in [3.05, 3.63) is 0 Å². The van der Waals surface area contributed by atoms with E-state index in [1.165, 1.54) is 4.31 Å². The SMILES string of the molecule is CS(=O)(=O)N1CC(C(=O)N2CCN(C(=O)[C@H]3CCCO3)CC2)C1. The van der Waals surface area contributed by atoms with E-state index in [-0.39, 0.29) is 36.9 Å². The quantitative estimate of drug-likeness (QED) is 0.636. The van der Waals surface area contributed by atoms with Crippen molar-refractivity contribution >= 4 is 21.8 Å². The first-order chi connectivity index (χ1) is 10.9. The predicted molar refractivity (Wildman–Crippen MR) is 82.0 cm³/mol. The highest BCUT2D eigenvalue weighted by molar-refractivity contribution is 7.88. The summed E-state index contributed by atoms with van der Waals surface area (Å²) >= 11 is 0. The van der Waals surface area contributed by atoms with Crippen LogP contribution in [0.25, 0.3) is 0 Å². The first-order valence-electron chi connectivity index (χ1n) is 8.00. The van der Waals surface area contributed by atoms with Gasteiger partial charge in [-0.1, -0.05) is 0 Å². The van der Waals surface area contributed by atoms with Crippen LogP contribution in [-0.2, 0) is 24.3 Å². The zero-order valence-electron chi connectivity index (χ0n) is 13.3. The molecule has 1 atom stereocenters. The molecule has 3 aliphatic rings. The van der Waals surface area contributed by atoms with E-state index in [9.17, 15) is 18.0 Å². The van der Waals surface area contributed by atoms with Crippen LogP contribution in [0.3, 0.4) is 0 Å². The largest absolute Gasteiger partial charge is 0.368 e. The molecule has 3 aliphatic heterocycles. The Kier molecular flexibility index (Phi) is 4.61. The van der Waals surface area contributed by atoms with Crippen LogP contribution in [0.5, 0.6) is 0 Å². The van der Waals surface area contributed by atoms with E-state index in [1.807, 2.05) is 0 Å². The summed E-state index contributed by atoms with van der Waals surface area (Å²) in [5, 5.41) is 0. The Morgan fingerprint density at radius 1 is 1.00 bits per heavy atom. The molecule has 0 radical (unpaired) electrons. The topological polar surface area (TPSA) is 87.2 Å². The zero-order chi connectivity index (χ0) is 16.6. The molecule has 0 aromatic heterocycles. The number of amides is 2. The minimum Gasteiger partial charge on any atom is -0.368 e. The van der Waals surface area contributed by atoms with Crippen LogP contribution in [0.4, 0.5) is 0 Å². The highest BCUT2D eigenvalue weighted by Crippen LogP contribution is 2.22. The van der Waals surface area contributed by atoms with Gasteiger partial charge in [0.15, 0.2) is 0 Å². The van der Waals surface area contributed by atoms with Crippen molar-refractivity contribution in [3.8, 4) is 0 Å². The number of piperazine rings is 1. The molecule has 3 saturated heterocycles. The molecule has 0 spiro atoms. The lowest BCUT2D eigenvalue weighted by Crippen LogP contribution is -2.59. The molecular weight excluding hydrogens is 322 g/mol. The number of sulfonamides is 1. The zero-order valence-corrected chi connectivity index (χ0v) is 14.1. The molecule has 0 aliphatic carbocycles. The molecule has 0 unspecified atom stereocenters. The molecule has 0 bridgehead atoms. The van der Waals surface area contributed by atoms with Crippen molar-refractivity contribution in [2.24, 2.45) is 5.92 Å². The van der Waals surface area contributed by atoms with Crippen molar-refractivity contribution in [2.45, 2.75) is 18.9 Å². The Bertz CT molecular complexity index is 573. The van der Waals surface area contributed by atoms with E-state index >= 15 is 0 Å². The lowest BCUT2D eigenvalue weighted by Gasteiger charge is -2.41. The van der Waals surface area contributed by atoms with Crippen molar-refractivity contribution in [3.63, 3.8) is 0 Å². The van der Waals surface area contributed by atoms with E-state index in [2.05, 4.69) is 0 Å². The number of rotatable bonds is 3. The second-order valence-electron chi connectivity index (χ2n) is 6.43. The average Bonchev–Trinajstić information content (AvgIpc) is 2.97. The number of hydrogen-bond donors (Lipinski definition) is 0. The lowest BCUT2D eigenvalue weighted by atomic mass is 10.0. The summed E-state index contributed by atoms with van der Waals surface area (Å²) in [5.41, 5.74) is 0. The summed E-state index contributed by atoms with van der Waals surface area (Å²) in [5.74, 6) is -0.222. The number of ether oxygens (including phenoxy) is 1. The lowest BCUT2D eigenvalue weighted by molar-refractivity contribution is -0.148. The first kappa shape index (κ1) is 16.7. The molecule has 23 heavy (non-hydrogen) atoms. The summed E-state index contributed by atoms with van der Waals surface area (Å²) in [4.78, 5) is 28.1. The number of hydrogen-bond acceptors (Lipinski definition) is 5. The van der Waals surface area contributed by atoms with Crippen LogP contribution in [-0.4, -0.2) is 92.6 Å². The summed E-state index contributed by atoms with van der Waals surface area (Å²) in [6.07, 6.45) is 2.55. The van der Waals surface area contributed by atoms with Gasteiger partial charge in [-0.2, -0.15) is 0 Å². The average molecular weight is 345 g/mol. The second kappa shape index (κ2) is 6.37. The van der Waals surface area contributed by atoms with E-state index in [0.29, 0.717) is 32.8 Å². The molecule has 3 heterocycles. The molecule has 0 aromatic rings. The maximum Gasteiger partial charge on any atom is 0.251 e. The highest BCUT2D eigenvalue weighted by Gasteiger charge is 2.40. The molecule has 9 heteroatoms. The van der Waals surface area contributed by atoms with Gasteiger partial charge in [-0.3, -0.25) is 9.59 Å². The van der Waals surface area contributed by atoms with E-state index in [4.69, 9.17) is 4.74 Å². The third-order valence-electron chi connectivity index (χ3n) is 4.77. The Labute approximate surface area is 136 Å². The molecule has 8 nitrogen and oxygen atoms in total. The minimum absolute atomic E-state index is 0.00545. The molecular formula is C14H23N3O5S. The molecule has 0 aromatic carbocycles. The third kappa shape index (κ3) is 3.51. The number of carbonyl (C=O) groups is 2. The predicted octanol–water partition coefficient (Wildman–Crippen LogP) is -1.27. The van der Waals surface area contributed by atoms with Crippen molar-refractivity contribution < 1.29 is 22.7 Å². The van der Waals surface area contributed by atoms with Crippen LogP contribution in [0.2, 0.25) is 0 Å². The van der Waals surface area contributed by atoms with Gasteiger partial charge in [0.1, 0.15) is 6.10 Å². The maximum atomic E-state index is 12.4. The number of nitrogens with zero attached hydrogens (tertiary/aromatic N) is 3. The van der Waals surface area contributed by atoms with Gasteiger partial charge >= 0.3 is 0 Å². The van der Waals surface area contributed by atoms with Gasteiger partial charge in [0.05, 0.1) is 12.2 Å². The fourth-order valence-corrected chi connectivity index (χ4v) is 4.15. The van der Waals surface area contributed by atoms with Gasteiger partial charge in [-0.15, -0.1) is 0 Å². The van der Waals surface area contributed by atoms with Gasteiger partial charge in [-0.25, -0.2) is 12.7 Å². The van der Waals surface area contributed by atoms with Crippen LogP contribution in [0.15, 0.2) is 0 Å². The van der Waals surface area contributed by atoms with E-state index in [1.54, 1.807) is 9.80 Å². The van der Waals surface area contributed by atoms with E-state index < -0.39 is 10.0 Å². The van der Waals surface area contributed by atoms with Crippen molar-refractivity contribution in [1.82, 2.24) is 14.1 Å². The Morgan fingerprint density at radius 2 is 1.57 bits per heavy atom. The normalized spacial score (nSPS) is 27.1. The standard InChI is InChI=1S/C14H23N3O5S/c1-23(20,21)17-9-11(10-17)13(18)15-4-6-16(7-5-15)14(19)12-3-2-8-22-12/h11-12H,2-10H2,1H3/t12-/m1/s1. The van der Waals surface area contributed by atoms with Gasteiger partial charge in [-0.05, 0) is 12.8 Å². The van der Waals surface area contributed by atoms with Crippen LogP contribution in [0, 0.1) is 5.92 Å². The Balaban J connectivity index is 1.46. The minimum atomic E-state index is -3.20. The van der Waals surface area contributed by atoms with Gasteiger partial charge in [0, 0.05) is 45.9 Å². The summed E-state index contributed by atoms with van der Waals surface area (Å²) in [7, 11) is -3.20. The Hall–Kier alpha value is -1.19. The molecule has 130 valence electrons. The monoisotopic (exact) mass is 345 g/mol. The summed E-state index contributed by atoms with van der Waals surface area (Å²) in [6.45, 7) is 3.24. The van der Waals surface area contributed by atoms with Gasteiger partial charge < -0.3 is 14.5 Å². The highest BCUT2D eigenvalue weighted by atomic mass is 32.2. The smallest absolute Gasteiger partial charge is 0.251 e. The first-order valence-corrected chi connectivity index (χ1v) is 9.85. The molecule has 2 amide bonds. The van der Waals surface area contributed by atoms with E-state index in [0.717, 1.165) is 19.1 Å².